The number of hydrogen-bond acceptors (Lipinski definition) is 4. The summed E-state index contributed by atoms with van der Waals surface area (Å²) in [5.41, 5.74) is 7.21. The predicted molar refractivity (Wildman–Crippen MR) is 84.5 cm³/mol. The van der Waals surface area contributed by atoms with Crippen molar-refractivity contribution in [2.24, 2.45) is 5.84 Å². The maximum absolute atomic E-state index is 5.74. The number of nitrogens with two attached hydrogens (primary N) is 1. The molecule has 2 heterocycles. The Morgan fingerprint density at radius 2 is 1.95 bits per heavy atom. The van der Waals surface area contributed by atoms with Gasteiger partial charge >= 0.3 is 0 Å². The van der Waals surface area contributed by atoms with Crippen LogP contribution in [-0.2, 0) is 6.42 Å². The first-order chi connectivity index (χ1) is 10.3. The number of hydrogen-bond donors (Lipinski definition) is 2. The first-order valence-corrected chi connectivity index (χ1v) is 6.99. The molecule has 1 atom stereocenters. The minimum Gasteiger partial charge on any atom is -0.271 e. The zero-order chi connectivity index (χ0) is 14.7. The van der Waals surface area contributed by atoms with E-state index in [4.69, 9.17) is 5.84 Å². The second kappa shape index (κ2) is 5.99. The number of para-hydroxylation sites is 1. The summed E-state index contributed by atoms with van der Waals surface area (Å²) in [4.78, 5) is 8.74. The molecule has 21 heavy (non-hydrogen) atoms. The third-order valence-corrected chi connectivity index (χ3v) is 3.70. The van der Waals surface area contributed by atoms with Gasteiger partial charge in [0.05, 0.1) is 11.6 Å². The van der Waals surface area contributed by atoms with Gasteiger partial charge in [-0.1, -0.05) is 24.3 Å². The molecule has 4 heteroatoms. The second-order valence-electron chi connectivity index (χ2n) is 5.14. The topological polar surface area (TPSA) is 63.8 Å². The molecule has 0 spiro atoms. The van der Waals surface area contributed by atoms with Gasteiger partial charge in [-0.25, -0.2) is 0 Å². The lowest BCUT2D eigenvalue weighted by atomic mass is 9.98. The van der Waals surface area contributed by atoms with E-state index in [0.29, 0.717) is 0 Å². The molecule has 0 aliphatic heterocycles. The lowest BCUT2D eigenvalue weighted by molar-refractivity contribution is 0.551. The van der Waals surface area contributed by atoms with Gasteiger partial charge in [-0.2, -0.15) is 0 Å². The first kappa shape index (κ1) is 13.7. The third kappa shape index (κ3) is 2.91. The Morgan fingerprint density at radius 3 is 2.71 bits per heavy atom. The summed E-state index contributed by atoms with van der Waals surface area (Å²) in [6, 6.07) is 14.3. The molecule has 2 aromatic heterocycles. The van der Waals surface area contributed by atoms with Gasteiger partial charge in [0.1, 0.15) is 0 Å². The zero-order valence-corrected chi connectivity index (χ0v) is 12.0. The van der Waals surface area contributed by atoms with Crippen molar-refractivity contribution in [3.05, 3.63) is 71.7 Å². The molecule has 0 amide bonds. The molecule has 0 bridgehead atoms. The first-order valence-electron chi connectivity index (χ1n) is 6.99. The lowest BCUT2D eigenvalue weighted by Crippen LogP contribution is -2.29. The Bertz CT molecular complexity index is 732. The minimum absolute atomic E-state index is 0.0314. The van der Waals surface area contributed by atoms with Gasteiger partial charge in [0, 0.05) is 23.5 Å². The molecule has 3 N–H and O–H groups in total. The number of hydrazine groups is 1. The van der Waals surface area contributed by atoms with Crippen LogP contribution in [0.15, 0.2) is 54.9 Å². The number of benzene rings is 1. The summed E-state index contributed by atoms with van der Waals surface area (Å²) in [5.74, 6) is 5.74. The molecule has 3 rings (SSSR count). The van der Waals surface area contributed by atoms with Crippen molar-refractivity contribution in [3.8, 4) is 0 Å². The van der Waals surface area contributed by atoms with Crippen LogP contribution in [0.2, 0.25) is 0 Å². The van der Waals surface area contributed by atoms with Crippen molar-refractivity contribution >= 4 is 10.9 Å². The van der Waals surface area contributed by atoms with Crippen molar-refractivity contribution in [2.75, 3.05) is 0 Å². The molecular weight excluding hydrogens is 260 g/mol. The van der Waals surface area contributed by atoms with E-state index >= 15 is 0 Å². The number of fused-ring (bicyclic) bond motifs is 1. The lowest BCUT2D eigenvalue weighted by Gasteiger charge is -2.17. The van der Waals surface area contributed by atoms with E-state index < -0.39 is 0 Å². The van der Waals surface area contributed by atoms with Crippen LogP contribution in [-0.4, -0.2) is 9.97 Å². The van der Waals surface area contributed by atoms with E-state index in [1.54, 1.807) is 0 Å². The Labute approximate surface area is 124 Å². The van der Waals surface area contributed by atoms with Crippen LogP contribution in [0.5, 0.6) is 0 Å². The third-order valence-electron chi connectivity index (χ3n) is 3.70. The summed E-state index contributed by atoms with van der Waals surface area (Å²) in [6.07, 6.45) is 4.52. The van der Waals surface area contributed by atoms with Crippen LogP contribution in [0.3, 0.4) is 0 Å². The molecule has 0 fully saturated rings. The van der Waals surface area contributed by atoms with Crippen LogP contribution in [0.4, 0.5) is 0 Å². The monoisotopic (exact) mass is 278 g/mol. The number of nitrogens with one attached hydrogen (secondary N) is 1. The summed E-state index contributed by atoms with van der Waals surface area (Å²) in [7, 11) is 0. The minimum atomic E-state index is 0.0314. The van der Waals surface area contributed by atoms with Gasteiger partial charge < -0.3 is 0 Å². The number of aryl methyl sites for hydroxylation is 1. The van der Waals surface area contributed by atoms with Gasteiger partial charge in [0.2, 0.25) is 0 Å². The van der Waals surface area contributed by atoms with Crippen molar-refractivity contribution < 1.29 is 0 Å². The Balaban J connectivity index is 1.94. The largest absolute Gasteiger partial charge is 0.271 e. The quantitative estimate of drug-likeness (QED) is 0.569. The number of pyridine rings is 2. The highest BCUT2D eigenvalue weighted by molar-refractivity contribution is 5.81. The smallest absolute Gasteiger partial charge is 0.0704 e. The predicted octanol–water partition coefficient (Wildman–Crippen LogP) is 2.69. The molecule has 0 saturated heterocycles. The summed E-state index contributed by atoms with van der Waals surface area (Å²) in [5, 5.41) is 1.17. The summed E-state index contributed by atoms with van der Waals surface area (Å²) < 4.78 is 0. The Morgan fingerprint density at radius 1 is 1.10 bits per heavy atom. The fraction of sp³-hybridized carbons (Fsp3) is 0.176. The van der Waals surface area contributed by atoms with E-state index in [-0.39, 0.29) is 6.04 Å². The van der Waals surface area contributed by atoms with E-state index in [2.05, 4.69) is 27.5 Å². The highest BCUT2D eigenvalue weighted by atomic mass is 15.2. The normalized spacial score (nSPS) is 12.5. The van der Waals surface area contributed by atoms with Gasteiger partial charge in [-0.3, -0.25) is 21.2 Å². The average molecular weight is 278 g/mol. The van der Waals surface area contributed by atoms with Gasteiger partial charge in [-0.15, -0.1) is 0 Å². The second-order valence-corrected chi connectivity index (χ2v) is 5.14. The molecule has 0 aliphatic carbocycles. The average Bonchev–Trinajstić information content (AvgIpc) is 2.54. The molecule has 106 valence electrons. The summed E-state index contributed by atoms with van der Waals surface area (Å²) >= 11 is 0. The molecular formula is C17H18N4. The van der Waals surface area contributed by atoms with Gasteiger partial charge in [0.15, 0.2) is 0 Å². The Kier molecular flexibility index (Phi) is 3.90. The highest BCUT2D eigenvalue weighted by Gasteiger charge is 2.12. The van der Waals surface area contributed by atoms with Crippen molar-refractivity contribution in [1.29, 1.82) is 0 Å². The van der Waals surface area contributed by atoms with E-state index in [0.717, 1.165) is 23.2 Å². The van der Waals surface area contributed by atoms with Gasteiger partial charge in [-0.05, 0) is 42.7 Å². The molecule has 0 radical (unpaired) electrons. The molecule has 4 nitrogen and oxygen atoms in total. The summed E-state index contributed by atoms with van der Waals surface area (Å²) in [6.45, 7) is 1.98. The highest BCUT2D eigenvalue weighted by Crippen LogP contribution is 2.22. The SMILES string of the molecule is Cc1ccc(C(Cc2ccnc3ccccc23)NN)cn1. The standard InChI is InChI=1S/C17H18N4/c1-12-6-7-14(11-20-12)17(21-18)10-13-8-9-19-16-5-3-2-4-15(13)16/h2-9,11,17,21H,10,18H2,1H3. The van der Waals surface area contributed by atoms with Crippen molar-refractivity contribution in [2.45, 2.75) is 19.4 Å². The molecule has 0 saturated carbocycles. The van der Waals surface area contributed by atoms with Crippen molar-refractivity contribution in [1.82, 2.24) is 15.4 Å². The van der Waals surface area contributed by atoms with Crippen LogP contribution >= 0.6 is 0 Å². The maximum Gasteiger partial charge on any atom is 0.0704 e. The maximum atomic E-state index is 5.74. The molecule has 1 unspecified atom stereocenters. The van der Waals surface area contributed by atoms with Crippen LogP contribution in [0, 0.1) is 6.92 Å². The Hall–Kier alpha value is -2.30. The van der Waals surface area contributed by atoms with Crippen LogP contribution in [0.25, 0.3) is 10.9 Å². The molecule has 1 aromatic carbocycles. The van der Waals surface area contributed by atoms with Gasteiger partial charge in [0.25, 0.3) is 0 Å². The van der Waals surface area contributed by atoms with E-state index in [9.17, 15) is 0 Å². The van der Waals surface area contributed by atoms with Crippen molar-refractivity contribution in [3.63, 3.8) is 0 Å². The molecule has 0 aliphatic rings. The fourth-order valence-electron chi connectivity index (χ4n) is 2.51. The van der Waals surface area contributed by atoms with Crippen LogP contribution in [0.1, 0.15) is 22.9 Å². The molecule has 3 aromatic rings. The number of nitrogens with zero attached hydrogens (tertiary/aromatic N) is 2. The number of rotatable bonds is 4. The van der Waals surface area contributed by atoms with Crippen LogP contribution < -0.4 is 11.3 Å². The van der Waals surface area contributed by atoms with E-state index in [1.807, 2.05) is 49.6 Å². The zero-order valence-electron chi connectivity index (χ0n) is 12.0. The fourth-order valence-corrected chi connectivity index (χ4v) is 2.51. The van der Waals surface area contributed by atoms with E-state index in [1.165, 1.54) is 10.9 Å². The number of aromatic nitrogens is 2.